The second kappa shape index (κ2) is 11.9. The summed E-state index contributed by atoms with van der Waals surface area (Å²) >= 11 is 0. The topological polar surface area (TPSA) is 76.0 Å². The van der Waals surface area contributed by atoms with Crippen LogP contribution in [0.1, 0.15) is 116 Å². The van der Waals surface area contributed by atoms with Gasteiger partial charge in [-0.05, 0) is 31.4 Å². The number of ketones is 1. The van der Waals surface area contributed by atoms with Crippen LogP contribution in [0.25, 0.3) is 0 Å². The SMILES string of the molecule is CCCCCCCCCCCCC[C@@H]1C[C@@H](O)C[C@@]2(CC[C@]3(C=CC(=O)C[C@@H]3O)O2)O1. The fourth-order valence-corrected chi connectivity index (χ4v) is 5.55. The summed E-state index contributed by atoms with van der Waals surface area (Å²) < 4.78 is 12.7. The Kier molecular flexibility index (Phi) is 9.57. The minimum absolute atomic E-state index is 0.00353. The van der Waals surface area contributed by atoms with Crippen LogP contribution in [0.2, 0.25) is 0 Å². The molecule has 5 nitrogen and oxygen atoms in total. The molecule has 2 spiro atoms. The van der Waals surface area contributed by atoms with Crippen LogP contribution in [-0.4, -0.2) is 45.7 Å². The first-order valence-corrected chi connectivity index (χ1v) is 12.9. The number of ether oxygens (including phenoxy) is 2. The third-order valence-corrected chi connectivity index (χ3v) is 7.38. The summed E-state index contributed by atoms with van der Waals surface area (Å²) in [5.74, 6) is -0.895. The standard InChI is InChI=1S/C26H44O5/c1-2-3-4-5-6-7-8-9-10-11-12-13-23-18-22(28)20-26(30-23)17-16-25(31-26)15-14-21(27)19-24(25)29/h14-15,22-24,28-29H,2-13,16-20H2,1H3/t22-,23-,24+,25+,26+/m1/s1. The molecule has 2 N–H and O–H groups in total. The summed E-state index contributed by atoms with van der Waals surface area (Å²) in [6.07, 6.45) is 19.9. The Morgan fingerprint density at radius 1 is 0.968 bits per heavy atom. The highest BCUT2D eigenvalue weighted by molar-refractivity contribution is 5.91. The quantitative estimate of drug-likeness (QED) is 0.403. The first kappa shape index (κ1) is 24.9. The van der Waals surface area contributed by atoms with Gasteiger partial charge in [0.2, 0.25) is 0 Å². The van der Waals surface area contributed by atoms with Crippen LogP contribution >= 0.6 is 0 Å². The highest BCUT2D eigenvalue weighted by Gasteiger charge is 2.56. The molecule has 0 aromatic rings. The van der Waals surface area contributed by atoms with Gasteiger partial charge in [0.15, 0.2) is 11.6 Å². The van der Waals surface area contributed by atoms with Crippen molar-refractivity contribution in [1.82, 2.24) is 0 Å². The summed E-state index contributed by atoms with van der Waals surface area (Å²) in [6, 6.07) is 0. The molecule has 31 heavy (non-hydrogen) atoms. The van der Waals surface area contributed by atoms with E-state index in [9.17, 15) is 15.0 Å². The number of aliphatic hydroxyl groups excluding tert-OH is 2. The number of rotatable bonds is 12. The fraction of sp³-hybridized carbons (Fsp3) is 0.885. The van der Waals surface area contributed by atoms with Crippen molar-refractivity contribution in [2.45, 2.75) is 146 Å². The van der Waals surface area contributed by atoms with Crippen molar-refractivity contribution in [2.24, 2.45) is 0 Å². The molecule has 3 aliphatic rings. The van der Waals surface area contributed by atoms with Crippen molar-refractivity contribution in [3.8, 4) is 0 Å². The summed E-state index contributed by atoms with van der Waals surface area (Å²) in [4.78, 5) is 11.6. The number of carbonyl (C=O) groups is 1. The number of allylic oxidation sites excluding steroid dienone is 1. The van der Waals surface area contributed by atoms with Gasteiger partial charge in [0.1, 0.15) is 5.60 Å². The van der Waals surface area contributed by atoms with E-state index in [0.717, 1.165) is 12.8 Å². The third kappa shape index (κ3) is 7.12. The average Bonchev–Trinajstić information content (AvgIpc) is 3.07. The molecule has 0 bridgehead atoms. The predicted molar refractivity (Wildman–Crippen MR) is 122 cm³/mol. The van der Waals surface area contributed by atoms with Crippen LogP contribution in [0.3, 0.4) is 0 Å². The molecule has 5 heteroatoms. The molecule has 2 fully saturated rings. The van der Waals surface area contributed by atoms with Gasteiger partial charge in [-0.3, -0.25) is 4.79 Å². The predicted octanol–water partition coefficient (Wildman–Crippen LogP) is 5.36. The van der Waals surface area contributed by atoms with E-state index in [4.69, 9.17) is 9.47 Å². The van der Waals surface area contributed by atoms with E-state index < -0.39 is 23.6 Å². The monoisotopic (exact) mass is 436 g/mol. The maximum atomic E-state index is 11.6. The fourth-order valence-electron chi connectivity index (χ4n) is 5.55. The lowest BCUT2D eigenvalue weighted by atomic mass is 9.85. The lowest BCUT2D eigenvalue weighted by Crippen LogP contribution is -2.51. The van der Waals surface area contributed by atoms with Gasteiger partial charge in [0.25, 0.3) is 0 Å². The Hall–Kier alpha value is -0.750. The first-order valence-electron chi connectivity index (χ1n) is 12.9. The Bertz CT molecular complexity index is 590. The molecule has 2 aliphatic heterocycles. The van der Waals surface area contributed by atoms with E-state index >= 15 is 0 Å². The van der Waals surface area contributed by atoms with Gasteiger partial charge in [-0.1, -0.05) is 77.6 Å². The summed E-state index contributed by atoms with van der Waals surface area (Å²) in [6.45, 7) is 2.26. The number of aliphatic hydroxyl groups is 2. The van der Waals surface area contributed by atoms with Crippen LogP contribution in [0.4, 0.5) is 0 Å². The van der Waals surface area contributed by atoms with Crippen LogP contribution in [0.15, 0.2) is 12.2 Å². The Balaban J connectivity index is 1.34. The average molecular weight is 437 g/mol. The molecule has 0 amide bonds. The molecule has 0 aromatic carbocycles. The van der Waals surface area contributed by atoms with Crippen molar-refractivity contribution < 1.29 is 24.5 Å². The Labute approximate surface area is 188 Å². The molecule has 1 aliphatic carbocycles. The van der Waals surface area contributed by atoms with E-state index in [-0.39, 0.29) is 18.3 Å². The van der Waals surface area contributed by atoms with Crippen molar-refractivity contribution in [3.63, 3.8) is 0 Å². The molecule has 0 radical (unpaired) electrons. The smallest absolute Gasteiger partial charge is 0.172 e. The second-order valence-corrected chi connectivity index (χ2v) is 10.1. The van der Waals surface area contributed by atoms with Gasteiger partial charge >= 0.3 is 0 Å². The minimum atomic E-state index is -0.841. The summed E-state index contributed by atoms with van der Waals surface area (Å²) in [5, 5.41) is 21.0. The molecule has 0 aromatic heterocycles. The van der Waals surface area contributed by atoms with Crippen molar-refractivity contribution in [2.75, 3.05) is 0 Å². The lowest BCUT2D eigenvalue weighted by Gasteiger charge is -2.43. The lowest BCUT2D eigenvalue weighted by molar-refractivity contribution is -0.306. The molecule has 0 saturated carbocycles. The van der Waals surface area contributed by atoms with E-state index in [0.29, 0.717) is 25.7 Å². The van der Waals surface area contributed by atoms with Gasteiger partial charge < -0.3 is 19.7 Å². The van der Waals surface area contributed by atoms with Crippen LogP contribution in [0.5, 0.6) is 0 Å². The molecule has 178 valence electrons. The van der Waals surface area contributed by atoms with Crippen molar-refractivity contribution in [1.29, 1.82) is 0 Å². The van der Waals surface area contributed by atoms with Crippen LogP contribution in [-0.2, 0) is 14.3 Å². The zero-order valence-corrected chi connectivity index (χ0v) is 19.5. The first-order chi connectivity index (χ1) is 15.0. The largest absolute Gasteiger partial charge is 0.393 e. The van der Waals surface area contributed by atoms with E-state index in [1.165, 1.54) is 70.3 Å². The number of hydrogen-bond acceptors (Lipinski definition) is 5. The summed E-state index contributed by atoms with van der Waals surface area (Å²) in [5.41, 5.74) is -0.841. The number of hydrogen-bond donors (Lipinski definition) is 2. The molecule has 5 atom stereocenters. The van der Waals surface area contributed by atoms with Gasteiger partial charge in [-0.25, -0.2) is 0 Å². The second-order valence-electron chi connectivity index (χ2n) is 10.1. The number of unbranched alkanes of at least 4 members (excludes halogenated alkanes) is 10. The highest BCUT2D eigenvalue weighted by atomic mass is 16.7. The van der Waals surface area contributed by atoms with Crippen molar-refractivity contribution >= 4 is 5.78 Å². The zero-order valence-electron chi connectivity index (χ0n) is 19.5. The van der Waals surface area contributed by atoms with Crippen LogP contribution in [0, 0.1) is 0 Å². The normalized spacial score (nSPS) is 35.5. The molecule has 2 saturated heterocycles. The Morgan fingerprint density at radius 3 is 2.26 bits per heavy atom. The van der Waals surface area contributed by atoms with Gasteiger partial charge in [0, 0.05) is 19.3 Å². The minimum Gasteiger partial charge on any atom is -0.393 e. The van der Waals surface area contributed by atoms with Crippen LogP contribution < -0.4 is 0 Å². The van der Waals surface area contributed by atoms with E-state index in [1.807, 2.05) is 0 Å². The molecule has 3 rings (SSSR count). The highest BCUT2D eigenvalue weighted by Crippen LogP contribution is 2.49. The zero-order chi connectivity index (χ0) is 22.2. The molecule has 2 heterocycles. The van der Waals surface area contributed by atoms with E-state index in [2.05, 4.69) is 6.92 Å². The maximum absolute atomic E-state index is 11.6. The van der Waals surface area contributed by atoms with Crippen molar-refractivity contribution in [3.05, 3.63) is 12.2 Å². The van der Waals surface area contributed by atoms with Gasteiger partial charge in [0.05, 0.1) is 18.3 Å². The van der Waals surface area contributed by atoms with E-state index in [1.54, 1.807) is 6.08 Å². The molecule has 0 unspecified atom stereocenters. The summed E-state index contributed by atoms with van der Waals surface area (Å²) in [7, 11) is 0. The Morgan fingerprint density at radius 2 is 1.61 bits per heavy atom. The molecular weight excluding hydrogens is 392 g/mol. The molecular formula is C26H44O5. The van der Waals surface area contributed by atoms with Gasteiger partial charge in [-0.15, -0.1) is 0 Å². The van der Waals surface area contributed by atoms with Gasteiger partial charge in [-0.2, -0.15) is 0 Å². The number of carbonyl (C=O) groups excluding carboxylic acids is 1. The maximum Gasteiger partial charge on any atom is 0.172 e. The third-order valence-electron chi connectivity index (χ3n) is 7.38.